The summed E-state index contributed by atoms with van der Waals surface area (Å²) in [6, 6.07) is 9.48. The number of hydrogen-bond donors (Lipinski definition) is 1. The van der Waals surface area contributed by atoms with Crippen molar-refractivity contribution >= 4 is 45.9 Å². The molecule has 2 aromatic rings. The zero-order valence-electron chi connectivity index (χ0n) is 16.7. The summed E-state index contributed by atoms with van der Waals surface area (Å²) < 4.78 is 12.0. The van der Waals surface area contributed by atoms with Crippen LogP contribution in [0.1, 0.15) is 25.0 Å². The molecular weight excluding hydrogens is 501 g/mol. The largest absolute Gasteiger partial charge is 0.490 e. The second-order valence-corrected chi connectivity index (χ2v) is 7.24. The zero-order chi connectivity index (χ0) is 22.3. The summed E-state index contributed by atoms with van der Waals surface area (Å²) in [4.78, 5) is 22.9. The Labute approximate surface area is 187 Å². The van der Waals surface area contributed by atoms with Gasteiger partial charge in [0.25, 0.3) is 11.6 Å². The molecule has 2 rings (SSSR count). The molecule has 2 aromatic carbocycles. The predicted molar refractivity (Wildman–Crippen MR) is 122 cm³/mol. The topological polar surface area (TPSA) is 114 Å². The van der Waals surface area contributed by atoms with Gasteiger partial charge in [-0.2, -0.15) is 5.26 Å². The number of nitriles is 1. The normalized spacial score (nSPS) is 10.8. The van der Waals surface area contributed by atoms with Crippen LogP contribution in [0, 0.1) is 31.9 Å². The maximum absolute atomic E-state index is 12.6. The fourth-order valence-corrected chi connectivity index (χ4v) is 3.41. The first-order valence-corrected chi connectivity index (χ1v) is 10.2. The van der Waals surface area contributed by atoms with E-state index in [4.69, 9.17) is 9.47 Å². The first kappa shape index (κ1) is 23.2. The summed E-state index contributed by atoms with van der Waals surface area (Å²) in [6.45, 7) is 6.28. The number of nitrogens with zero attached hydrogens (tertiary/aromatic N) is 2. The third kappa shape index (κ3) is 5.70. The van der Waals surface area contributed by atoms with E-state index in [9.17, 15) is 20.2 Å². The number of nitro benzene ring substituents is 1. The predicted octanol–water partition coefficient (Wildman–Crippen LogP) is 4.85. The van der Waals surface area contributed by atoms with Gasteiger partial charge in [-0.05, 0) is 78.8 Å². The van der Waals surface area contributed by atoms with Gasteiger partial charge in [-0.25, -0.2) is 0 Å². The van der Waals surface area contributed by atoms with Gasteiger partial charge in [-0.15, -0.1) is 0 Å². The molecule has 0 saturated heterocycles. The van der Waals surface area contributed by atoms with Crippen molar-refractivity contribution in [2.24, 2.45) is 0 Å². The number of carbonyl (C=O) groups is 1. The van der Waals surface area contributed by atoms with E-state index in [2.05, 4.69) is 27.9 Å². The molecule has 0 radical (unpaired) electrons. The van der Waals surface area contributed by atoms with E-state index in [1.807, 2.05) is 19.9 Å². The van der Waals surface area contributed by atoms with E-state index in [0.29, 0.717) is 41.5 Å². The van der Waals surface area contributed by atoms with E-state index in [1.54, 1.807) is 19.1 Å². The Kier molecular flexibility index (Phi) is 8.17. The Balaban J connectivity index is 2.34. The summed E-state index contributed by atoms with van der Waals surface area (Å²) >= 11 is 2.11. The molecule has 0 atom stereocenters. The molecule has 0 aromatic heterocycles. The molecule has 8 nitrogen and oxygen atoms in total. The van der Waals surface area contributed by atoms with Crippen LogP contribution in [0.5, 0.6) is 11.5 Å². The van der Waals surface area contributed by atoms with Gasteiger partial charge in [0.2, 0.25) is 0 Å². The van der Waals surface area contributed by atoms with Crippen LogP contribution in [0.15, 0.2) is 35.9 Å². The Hall–Kier alpha value is -3.13. The van der Waals surface area contributed by atoms with Gasteiger partial charge in [0.15, 0.2) is 11.5 Å². The molecule has 1 amide bonds. The first-order chi connectivity index (χ1) is 14.3. The lowest BCUT2D eigenvalue weighted by Crippen LogP contribution is -2.14. The maximum atomic E-state index is 12.6. The fourth-order valence-electron chi connectivity index (χ4n) is 2.63. The van der Waals surface area contributed by atoms with Gasteiger partial charge in [0, 0.05) is 17.8 Å². The Bertz CT molecular complexity index is 1040. The number of rotatable bonds is 8. The summed E-state index contributed by atoms with van der Waals surface area (Å²) in [5, 5.41) is 23.0. The SMILES string of the molecule is CCOc1cc(C=C(C#N)C(=O)Nc2ccc([N+](=O)[O-])cc2C)cc(I)c1OCC. The molecule has 0 heterocycles. The number of halogens is 1. The van der Waals surface area contributed by atoms with E-state index < -0.39 is 10.8 Å². The zero-order valence-corrected chi connectivity index (χ0v) is 18.8. The number of aryl methyl sites for hydroxylation is 1. The highest BCUT2D eigenvalue weighted by Gasteiger charge is 2.16. The van der Waals surface area contributed by atoms with Crippen LogP contribution in [-0.2, 0) is 4.79 Å². The van der Waals surface area contributed by atoms with Crippen molar-refractivity contribution in [1.82, 2.24) is 0 Å². The smallest absolute Gasteiger partial charge is 0.269 e. The van der Waals surface area contributed by atoms with Gasteiger partial charge in [0.05, 0.1) is 21.7 Å². The third-order valence-corrected chi connectivity index (χ3v) is 4.77. The van der Waals surface area contributed by atoms with Crippen molar-refractivity contribution in [3.8, 4) is 17.6 Å². The number of nitro groups is 1. The number of non-ortho nitro benzene ring substituents is 1. The molecular formula is C21H20IN3O5. The molecule has 30 heavy (non-hydrogen) atoms. The lowest BCUT2D eigenvalue weighted by molar-refractivity contribution is -0.384. The van der Waals surface area contributed by atoms with Crippen molar-refractivity contribution < 1.29 is 19.2 Å². The molecule has 1 N–H and O–H groups in total. The van der Waals surface area contributed by atoms with Crippen molar-refractivity contribution in [1.29, 1.82) is 5.26 Å². The number of amides is 1. The molecule has 0 bridgehead atoms. The Morgan fingerprint density at radius 1 is 1.27 bits per heavy atom. The van der Waals surface area contributed by atoms with Crippen molar-refractivity contribution in [3.63, 3.8) is 0 Å². The van der Waals surface area contributed by atoms with Crippen LogP contribution >= 0.6 is 22.6 Å². The maximum Gasteiger partial charge on any atom is 0.269 e. The second kappa shape index (κ2) is 10.6. The summed E-state index contributed by atoms with van der Waals surface area (Å²) in [6.07, 6.45) is 1.45. The highest BCUT2D eigenvalue weighted by molar-refractivity contribution is 14.1. The quantitative estimate of drug-likeness (QED) is 0.175. The fraction of sp³-hybridized carbons (Fsp3) is 0.238. The van der Waals surface area contributed by atoms with Gasteiger partial charge < -0.3 is 14.8 Å². The minimum Gasteiger partial charge on any atom is -0.490 e. The minimum absolute atomic E-state index is 0.0750. The van der Waals surface area contributed by atoms with Crippen LogP contribution in [0.25, 0.3) is 6.08 Å². The molecule has 0 unspecified atom stereocenters. The third-order valence-electron chi connectivity index (χ3n) is 3.97. The molecule has 0 spiro atoms. The average Bonchev–Trinajstić information content (AvgIpc) is 2.70. The van der Waals surface area contributed by atoms with Gasteiger partial charge in [-0.1, -0.05) is 0 Å². The summed E-state index contributed by atoms with van der Waals surface area (Å²) in [7, 11) is 0. The molecule has 0 aliphatic carbocycles. The molecule has 0 saturated carbocycles. The Morgan fingerprint density at radius 2 is 1.97 bits per heavy atom. The van der Waals surface area contributed by atoms with Crippen molar-refractivity contribution in [2.45, 2.75) is 20.8 Å². The number of ether oxygens (including phenoxy) is 2. The minimum atomic E-state index is -0.615. The number of nitrogens with one attached hydrogen (secondary N) is 1. The summed E-state index contributed by atoms with van der Waals surface area (Å²) in [5.41, 5.74) is 1.33. The van der Waals surface area contributed by atoms with Crippen molar-refractivity contribution in [3.05, 3.63) is 60.7 Å². The molecule has 0 aliphatic rings. The average molecular weight is 521 g/mol. The van der Waals surface area contributed by atoms with Crippen LogP contribution in [0.2, 0.25) is 0 Å². The monoisotopic (exact) mass is 521 g/mol. The Morgan fingerprint density at radius 3 is 2.53 bits per heavy atom. The standard InChI is InChI=1S/C21H20IN3O5/c1-4-29-19-11-14(10-17(22)20(19)30-5-2)9-15(12-23)21(26)24-18-7-6-16(25(27)28)8-13(18)3/h6-11H,4-5H2,1-3H3,(H,24,26). The number of benzene rings is 2. The highest BCUT2D eigenvalue weighted by Crippen LogP contribution is 2.35. The lowest BCUT2D eigenvalue weighted by Gasteiger charge is -2.14. The van der Waals surface area contributed by atoms with Crippen LogP contribution in [0.3, 0.4) is 0 Å². The second-order valence-electron chi connectivity index (χ2n) is 6.08. The van der Waals surface area contributed by atoms with Crippen LogP contribution in [-0.4, -0.2) is 24.0 Å². The lowest BCUT2D eigenvalue weighted by atomic mass is 10.1. The molecule has 9 heteroatoms. The van der Waals surface area contributed by atoms with Gasteiger partial charge in [0.1, 0.15) is 11.6 Å². The van der Waals surface area contributed by atoms with E-state index in [0.717, 1.165) is 3.57 Å². The van der Waals surface area contributed by atoms with E-state index in [-0.39, 0.29) is 11.3 Å². The van der Waals surface area contributed by atoms with Gasteiger partial charge in [-0.3, -0.25) is 14.9 Å². The molecule has 0 aliphatic heterocycles. The highest BCUT2D eigenvalue weighted by atomic mass is 127. The van der Waals surface area contributed by atoms with E-state index in [1.165, 1.54) is 24.3 Å². The molecule has 156 valence electrons. The van der Waals surface area contributed by atoms with E-state index >= 15 is 0 Å². The number of anilines is 1. The number of hydrogen-bond acceptors (Lipinski definition) is 6. The van der Waals surface area contributed by atoms with Crippen LogP contribution in [0.4, 0.5) is 11.4 Å². The van der Waals surface area contributed by atoms with Crippen molar-refractivity contribution in [2.75, 3.05) is 18.5 Å². The molecule has 0 fully saturated rings. The summed E-state index contributed by atoms with van der Waals surface area (Å²) in [5.74, 6) is 0.527. The first-order valence-electron chi connectivity index (χ1n) is 9.08. The van der Waals surface area contributed by atoms with Crippen LogP contribution < -0.4 is 14.8 Å². The number of carbonyl (C=O) groups excluding carboxylic acids is 1. The van der Waals surface area contributed by atoms with Gasteiger partial charge >= 0.3 is 0 Å².